The van der Waals surface area contributed by atoms with E-state index < -0.39 is 6.61 Å². The average Bonchev–Trinajstić information content (AvgIpc) is 2.83. The molecule has 0 amide bonds. The Hall–Kier alpha value is -2.02. The van der Waals surface area contributed by atoms with Gasteiger partial charge in [0.05, 0.1) is 6.04 Å². The molecule has 1 aliphatic rings. The lowest BCUT2D eigenvalue weighted by Crippen LogP contribution is -2.32. The molecule has 0 bridgehead atoms. The van der Waals surface area contributed by atoms with Crippen LogP contribution >= 0.6 is 0 Å². The van der Waals surface area contributed by atoms with Crippen LogP contribution in [0.1, 0.15) is 18.8 Å². The lowest BCUT2D eigenvalue weighted by molar-refractivity contribution is -0.0498. The number of ether oxygens (including phenoxy) is 1. The predicted molar refractivity (Wildman–Crippen MR) is 68.5 cm³/mol. The fraction of sp³-hybridized carbons (Fsp3) is 0.385. The lowest BCUT2D eigenvalue weighted by atomic mass is 10.2. The summed E-state index contributed by atoms with van der Waals surface area (Å²) in [6.45, 7) is 0.760. The van der Waals surface area contributed by atoms with Crippen molar-refractivity contribution in [2.75, 3.05) is 6.54 Å². The third-order valence-corrected chi connectivity index (χ3v) is 3.27. The lowest BCUT2D eigenvalue weighted by Gasteiger charge is -2.22. The highest BCUT2D eigenvalue weighted by Gasteiger charge is 2.22. The SMILES string of the molecule is CC1NCCn2c(-c3cccc(OC(F)F)c3)nnc21. The van der Waals surface area contributed by atoms with Crippen molar-refractivity contribution in [2.45, 2.75) is 26.1 Å². The first kappa shape index (κ1) is 13.0. The minimum absolute atomic E-state index is 0.122. The van der Waals surface area contributed by atoms with Gasteiger partial charge in [0.2, 0.25) is 0 Å². The van der Waals surface area contributed by atoms with Gasteiger partial charge in [-0.25, -0.2) is 0 Å². The molecule has 1 N–H and O–H groups in total. The molecular weight excluding hydrogens is 266 g/mol. The largest absolute Gasteiger partial charge is 0.435 e. The van der Waals surface area contributed by atoms with Crippen LogP contribution in [0, 0.1) is 0 Å². The van der Waals surface area contributed by atoms with Gasteiger partial charge in [0.15, 0.2) is 5.82 Å². The quantitative estimate of drug-likeness (QED) is 0.936. The summed E-state index contributed by atoms with van der Waals surface area (Å²) in [6, 6.07) is 6.65. The van der Waals surface area contributed by atoms with Crippen LogP contribution in [0.3, 0.4) is 0 Å². The van der Waals surface area contributed by atoms with E-state index in [0.29, 0.717) is 5.82 Å². The van der Waals surface area contributed by atoms with Gasteiger partial charge < -0.3 is 14.6 Å². The van der Waals surface area contributed by atoms with Crippen molar-refractivity contribution in [3.05, 3.63) is 30.1 Å². The predicted octanol–water partition coefficient (Wildman–Crippen LogP) is 2.21. The molecule has 7 heteroatoms. The van der Waals surface area contributed by atoms with Crippen molar-refractivity contribution < 1.29 is 13.5 Å². The maximum atomic E-state index is 12.3. The van der Waals surface area contributed by atoms with Crippen molar-refractivity contribution in [1.82, 2.24) is 20.1 Å². The number of halogens is 2. The highest BCUT2D eigenvalue weighted by molar-refractivity contribution is 5.58. The number of fused-ring (bicyclic) bond motifs is 1. The zero-order valence-electron chi connectivity index (χ0n) is 10.9. The topological polar surface area (TPSA) is 52.0 Å². The Labute approximate surface area is 114 Å². The highest BCUT2D eigenvalue weighted by Crippen LogP contribution is 2.26. The van der Waals surface area contributed by atoms with Gasteiger partial charge in [-0.1, -0.05) is 12.1 Å². The Balaban J connectivity index is 1.97. The van der Waals surface area contributed by atoms with Crippen LogP contribution in [0.5, 0.6) is 5.75 Å². The van der Waals surface area contributed by atoms with Crippen LogP contribution in [0.15, 0.2) is 24.3 Å². The summed E-state index contributed by atoms with van der Waals surface area (Å²) < 4.78 is 30.9. The van der Waals surface area contributed by atoms with Gasteiger partial charge in [-0.05, 0) is 19.1 Å². The maximum Gasteiger partial charge on any atom is 0.387 e. The summed E-state index contributed by atoms with van der Waals surface area (Å²) >= 11 is 0. The van der Waals surface area contributed by atoms with Crippen LogP contribution in [-0.4, -0.2) is 27.9 Å². The molecule has 0 aliphatic carbocycles. The number of rotatable bonds is 3. The Bertz CT molecular complexity index is 614. The molecule has 20 heavy (non-hydrogen) atoms. The van der Waals surface area contributed by atoms with Crippen LogP contribution in [-0.2, 0) is 6.54 Å². The van der Waals surface area contributed by atoms with Gasteiger partial charge >= 0.3 is 6.61 Å². The molecule has 1 aromatic carbocycles. The van der Waals surface area contributed by atoms with Crippen molar-refractivity contribution in [2.24, 2.45) is 0 Å². The van der Waals surface area contributed by atoms with Gasteiger partial charge in [-0.15, -0.1) is 10.2 Å². The Morgan fingerprint density at radius 1 is 1.40 bits per heavy atom. The van der Waals surface area contributed by atoms with Gasteiger partial charge in [-0.3, -0.25) is 0 Å². The van der Waals surface area contributed by atoms with Crippen molar-refractivity contribution in [3.8, 4) is 17.1 Å². The van der Waals surface area contributed by atoms with E-state index in [9.17, 15) is 8.78 Å². The number of hydrogen-bond donors (Lipinski definition) is 1. The van der Waals surface area contributed by atoms with E-state index in [2.05, 4.69) is 20.3 Å². The van der Waals surface area contributed by atoms with Crippen molar-refractivity contribution >= 4 is 0 Å². The Morgan fingerprint density at radius 3 is 3.05 bits per heavy atom. The molecule has 1 aliphatic heterocycles. The second kappa shape index (κ2) is 5.16. The molecular formula is C13H14F2N4O. The molecule has 1 unspecified atom stereocenters. The number of alkyl halides is 2. The Morgan fingerprint density at radius 2 is 2.25 bits per heavy atom. The fourth-order valence-corrected chi connectivity index (χ4v) is 2.36. The van der Waals surface area contributed by atoms with Gasteiger partial charge in [-0.2, -0.15) is 8.78 Å². The number of benzene rings is 1. The van der Waals surface area contributed by atoms with Crippen LogP contribution in [0.2, 0.25) is 0 Å². The van der Waals surface area contributed by atoms with E-state index in [1.165, 1.54) is 6.07 Å². The minimum Gasteiger partial charge on any atom is -0.435 e. The third kappa shape index (κ3) is 2.36. The first-order valence-electron chi connectivity index (χ1n) is 6.37. The molecule has 0 spiro atoms. The summed E-state index contributed by atoms with van der Waals surface area (Å²) in [5.41, 5.74) is 0.719. The molecule has 5 nitrogen and oxygen atoms in total. The van der Waals surface area contributed by atoms with E-state index in [0.717, 1.165) is 24.5 Å². The normalized spacial score (nSPS) is 18.1. The standard InChI is InChI=1S/C13H14F2N4O/c1-8-11-17-18-12(19(11)6-5-16-8)9-3-2-4-10(7-9)20-13(14)15/h2-4,7-8,13,16H,5-6H2,1H3. The van der Waals surface area contributed by atoms with Crippen LogP contribution in [0.4, 0.5) is 8.78 Å². The molecule has 0 radical (unpaired) electrons. The molecule has 2 aromatic rings. The molecule has 0 fully saturated rings. The summed E-state index contributed by atoms with van der Waals surface area (Å²) in [7, 11) is 0. The molecule has 2 heterocycles. The van der Waals surface area contributed by atoms with Crippen LogP contribution in [0.25, 0.3) is 11.4 Å². The molecule has 3 rings (SSSR count). The zero-order chi connectivity index (χ0) is 14.1. The summed E-state index contributed by atoms with van der Waals surface area (Å²) in [5, 5.41) is 11.6. The van der Waals surface area contributed by atoms with Crippen molar-refractivity contribution in [1.29, 1.82) is 0 Å². The third-order valence-electron chi connectivity index (χ3n) is 3.27. The highest BCUT2D eigenvalue weighted by atomic mass is 19.3. The maximum absolute atomic E-state index is 12.3. The van der Waals surface area contributed by atoms with Crippen molar-refractivity contribution in [3.63, 3.8) is 0 Å². The first-order valence-corrected chi connectivity index (χ1v) is 6.37. The first-order chi connectivity index (χ1) is 9.65. The van der Waals surface area contributed by atoms with Gasteiger partial charge in [0.1, 0.15) is 11.6 Å². The number of aromatic nitrogens is 3. The zero-order valence-corrected chi connectivity index (χ0v) is 10.9. The van der Waals surface area contributed by atoms with E-state index in [-0.39, 0.29) is 11.8 Å². The number of hydrogen-bond acceptors (Lipinski definition) is 4. The Kier molecular flexibility index (Phi) is 3.35. The van der Waals surface area contributed by atoms with Gasteiger partial charge in [0, 0.05) is 18.7 Å². The molecule has 1 atom stereocenters. The summed E-state index contributed by atoms with van der Waals surface area (Å²) in [6.07, 6.45) is 0. The second-order valence-corrected chi connectivity index (χ2v) is 4.62. The molecule has 0 saturated carbocycles. The summed E-state index contributed by atoms with van der Waals surface area (Å²) in [4.78, 5) is 0. The van der Waals surface area contributed by atoms with E-state index in [1.807, 2.05) is 17.6 Å². The monoisotopic (exact) mass is 280 g/mol. The fourth-order valence-electron chi connectivity index (χ4n) is 2.36. The second-order valence-electron chi connectivity index (χ2n) is 4.62. The minimum atomic E-state index is -2.83. The smallest absolute Gasteiger partial charge is 0.387 e. The molecule has 106 valence electrons. The molecule has 0 saturated heterocycles. The molecule has 1 aromatic heterocycles. The average molecular weight is 280 g/mol. The number of nitrogens with zero attached hydrogens (tertiary/aromatic N) is 3. The van der Waals surface area contributed by atoms with Crippen LogP contribution < -0.4 is 10.1 Å². The van der Waals surface area contributed by atoms with Gasteiger partial charge in [0.25, 0.3) is 0 Å². The number of nitrogens with one attached hydrogen (secondary N) is 1. The van der Waals surface area contributed by atoms with E-state index in [1.54, 1.807) is 12.1 Å². The van der Waals surface area contributed by atoms with E-state index >= 15 is 0 Å². The van der Waals surface area contributed by atoms with E-state index in [4.69, 9.17) is 0 Å². The summed E-state index contributed by atoms with van der Waals surface area (Å²) in [5.74, 6) is 1.65.